The van der Waals surface area contributed by atoms with Gasteiger partial charge in [0.1, 0.15) is 5.75 Å². The fraction of sp³-hybridized carbons (Fsp3) is 0.400. The summed E-state index contributed by atoms with van der Waals surface area (Å²) in [6, 6.07) is 11.4. The van der Waals surface area contributed by atoms with E-state index in [0.29, 0.717) is 29.0 Å². The summed E-state index contributed by atoms with van der Waals surface area (Å²) in [7, 11) is 0. The molecule has 7 heteroatoms. The van der Waals surface area contributed by atoms with Gasteiger partial charge in [-0.15, -0.1) is 0 Å². The van der Waals surface area contributed by atoms with Crippen LogP contribution in [0.25, 0.3) is 0 Å². The molecule has 1 aliphatic carbocycles. The topological polar surface area (TPSA) is 114 Å². The molecule has 0 aromatic heterocycles. The average Bonchev–Trinajstić information content (AvgIpc) is 3.60. The Morgan fingerprint density at radius 3 is 2.50 bits per heavy atom. The highest BCUT2D eigenvalue weighted by Gasteiger charge is 2.25. The van der Waals surface area contributed by atoms with Crippen molar-refractivity contribution in [2.75, 3.05) is 11.9 Å². The van der Waals surface area contributed by atoms with Gasteiger partial charge in [-0.05, 0) is 67.1 Å². The van der Waals surface area contributed by atoms with Crippen molar-refractivity contribution in [2.24, 2.45) is 0 Å². The van der Waals surface area contributed by atoms with Crippen molar-refractivity contribution in [1.82, 2.24) is 5.32 Å². The summed E-state index contributed by atoms with van der Waals surface area (Å²) in [4.78, 5) is 24.4. The number of aliphatic carboxylic acids is 1. The molecular weight excluding hydrogens is 406 g/mol. The van der Waals surface area contributed by atoms with Crippen LogP contribution in [0.1, 0.15) is 61.4 Å². The fourth-order valence-electron chi connectivity index (χ4n) is 3.54. The minimum absolute atomic E-state index is 0.178. The number of carboxylic acid groups (broad SMARTS) is 1. The van der Waals surface area contributed by atoms with E-state index >= 15 is 0 Å². The second-order valence-corrected chi connectivity index (χ2v) is 7.99. The number of benzene rings is 2. The van der Waals surface area contributed by atoms with E-state index in [0.717, 1.165) is 36.8 Å². The highest BCUT2D eigenvalue weighted by Crippen LogP contribution is 2.34. The molecule has 0 spiro atoms. The van der Waals surface area contributed by atoms with Crippen LogP contribution < -0.4 is 20.5 Å². The van der Waals surface area contributed by atoms with Gasteiger partial charge < -0.3 is 25.3 Å². The van der Waals surface area contributed by atoms with Crippen molar-refractivity contribution in [1.29, 1.82) is 5.26 Å². The van der Waals surface area contributed by atoms with E-state index in [-0.39, 0.29) is 18.6 Å². The van der Waals surface area contributed by atoms with E-state index in [9.17, 15) is 14.7 Å². The number of rotatable bonds is 11. The number of carbonyl (C=O) groups is 2. The highest BCUT2D eigenvalue weighted by atomic mass is 16.5. The minimum Gasteiger partial charge on any atom is -0.548 e. The van der Waals surface area contributed by atoms with Crippen molar-refractivity contribution in [3.05, 3.63) is 58.7 Å². The average molecular weight is 435 g/mol. The quantitative estimate of drug-likeness (QED) is 0.562. The van der Waals surface area contributed by atoms with E-state index in [1.807, 2.05) is 26.0 Å². The molecule has 2 aromatic carbocycles. The van der Waals surface area contributed by atoms with E-state index in [1.54, 1.807) is 30.3 Å². The molecule has 0 heterocycles. The Balaban J connectivity index is 1.96. The van der Waals surface area contributed by atoms with Crippen LogP contribution in [-0.4, -0.2) is 24.5 Å². The maximum Gasteiger partial charge on any atom is 0.258 e. The number of nitrogens with zero attached hydrogens (tertiary/aromatic N) is 1. The smallest absolute Gasteiger partial charge is 0.258 e. The van der Waals surface area contributed by atoms with Gasteiger partial charge in [0.2, 0.25) is 0 Å². The minimum atomic E-state index is -1.31. The molecule has 32 heavy (non-hydrogen) atoms. The normalized spacial score (nSPS) is 13.7. The van der Waals surface area contributed by atoms with Crippen molar-refractivity contribution in [3.63, 3.8) is 0 Å². The van der Waals surface area contributed by atoms with Gasteiger partial charge >= 0.3 is 0 Å². The van der Waals surface area contributed by atoms with Gasteiger partial charge in [-0.3, -0.25) is 4.79 Å². The zero-order valence-corrected chi connectivity index (χ0v) is 18.4. The molecule has 2 N–H and O–H groups in total. The Labute approximate surface area is 188 Å². The lowest BCUT2D eigenvalue weighted by atomic mass is 9.95. The molecular formula is C25H28N3O4-. The lowest BCUT2D eigenvalue weighted by molar-refractivity contribution is -0.307. The fourth-order valence-corrected chi connectivity index (χ4v) is 3.54. The van der Waals surface area contributed by atoms with Crippen LogP contribution >= 0.6 is 0 Å². The molecule has 0 bridgehead atoms. The van der Waals surface area contributed by atoms with E-state index in [2.05, 4.69) is 10.6 Å². The monoisotopic (exact) mass is 434 g/mol. The SMILES string of the molecule is CCCc1cc(CC)cc(C(Nc2ccc(C#N)cc2)C(=O)[O-])c1OCC(=O)NC1CC1. The summed E-state index contributed by atoms with van der Waals surface area (Å²) in [6.45, 7) is 3.86. The number of nitrogens with one attached hydrogen (secondary N) is 2. The maximum absolute atomic E-state index is 12.2. The Bertz CT molecular complexity index is 1010. The molecule has 1 fully saturated rings. The summed E-state index contributed by atoms with van der Waals surface area (Å²) in [5, 5.41) is 27.0. The predicted octanol–water partition coefficient (Wildman–Crippen LogP) is 2.63. The highest BCUT2D eigenvalue weighted by molar-refractivity contribution is 5.80. The summed E-state index contributed by atoms with van der Waals surface area (Å²) < 4.78 is 5.93. The standard InChI is InChI=1S/C25H29N3O4/c1-3-5-18-12-16(4-2)13-21(24(18)32-15-22(29)27-19-10-11-19)23(25(30)31)28-20-8-6-17(14-26)7-9-20/h6-9,12-13,19,23,28H,3-5,10-11,15H2,1-2H3,(H,27,29)(H,30,31)/p-1. The second-order valence-electron chi connectivity index (χ2n) is 7.99. The van der Waals surface area contributed by atoms with Crippen LogP contribution in [0.2, 0.25) is 0 Å². The lowest BCUT2D eigenvalue weighted by Crippen LogP contribution is -2.35. The van der Waals surface area contributed by atoms with Crippen LogP contribution in [0.15, 0.2) is 36.4 Å². The summed E-state index contributed by atoms with van der Waals surface area (Å²) in [6.07, 6.45) is 4.21. The number of amides is 1. The van der Waals surface area contributed by atoms with E-state index < -0.39 is 12.0 Å². The van der Waals surface area contributed by atoms with Crippen LogP contribution in [0.3, 0.4) is 0 Å². The molecule has 2 aromatic rings. The van der Waals surface area contributed by atoms with Crippen molar-refractivity contribution >= 4 is 17.6 Å². The number of hydrogen-bond acceptors (Lipinski definition) is 6. The Kier molecular flexibility index (Phi) is 7.72. The van der Waals surface area contributed by atoms with Crippen LogP contribution in [0.5, 0.6) is 5.75 Å². The Morgan fingerprint density at radius 2 is 1.94 bits per heavy atom. The molecule has 0 saturated heterocycles. The molecule has 7 nitrogen and oxygen atoms in total. The van der Waals surface area contributed by atoms with Crippen LogP contribution in [0, 0.1) is 11.3 Å². The van der Waals surface area contributed by atoms with Crippen LogP contribution in [-0.2, 0) is 22.4 Å². The third-order valence-electron chi connectivity index (χ3n) is 5.34. The number of carbonyl (C=O) groups excluding carboxylic acids is 2. The number of aryl methyl sites for hydroxylation is 2. The van der Waals surface area contributed by atoms with Crippen molar-refractivity contribution < 1.29 is 19.4 Å². The number of ether oxygens (including phenoxy) is 1. The first-order valence-electron chi connectivity index (χ1n) is 11.0. The number of anilines is 1. The number of nitriles is 1. The van der Waals surface area contributed by atoms with Crippen molar-refractivity contribution in [3.8, 4) is 11.8 Å². The van der Waals surface area contributed by atoms with Crippen LogP contribution in [0.4, 0.5) is 5.69 Å². The van der Waals surface area contributed by atoms with E-state index in [4.69, 9.17) is 10.00 Å². The molecule has 3 rings (SSSR count). The van der Waals surface area contributed by atoms with Gasteiger partial charge in [0, 0.05) is 17.3 Å². The maximum atomic E-state index is 12.2. The lowest BCUT2D eigenvalue weighted by Gasteiger charge is -2.26. The Hall–Kier alpha value is -3.53. The van der Waals surface area contributed by atoms with Gasteiger partial charge in [-0.1, -0.05) is 26.3 Å². The third-order valence-corrected chi connectivity index (χ3v) is 5.34. The second kappa shape index (κ2) is 10.7. The zero-order chi connectivity index (χ0) is 23.1. The first kappa shape index (κ1) is 23.1. The summed E-state index contributed by atoms with van der Waals surface area (Å²) >= 11 is 0. The molecule has 1 unspecified atom stereocenters. The first-order chi connectivity index (χ1) is 15.4. The summed E-state index contributed by atoms with van der Waals surface area (Å²) in [5.74, 6) is -1.12. The molecule has 0 radical (unpaired) electrons. The van der Waals surface area contributed by atoms with Gasteiger partial charge in [0.15, 0.2) is 6.61 Å². The molecule has 1 aliphatic rings. The largest absolute Gasteiger partial charge is 0.548 e. The molecule has 1 amide bonds. The molecule has 1 atom stereocenters. The van der Waals surface area contributed by atoms with E-state index in [1.165, 1.54) is 0 Å². The number of hydrogen-bond donors (Lipinski definition) is 2. The predicted molar refractivity (Wildman–Crippen MR) is 119 cm³/mol. The Morgan fingerprint density at radius 1 is 1.22 bits per heavy atom. The van der Waals surface area contributed by atoms with Gasteiger partial charge in [-0.2, -0.15) is 5.26 Å². The molecule has 168 valence electrons. The van der Waals surface area contributed by atoms with Gasteiger partial charge in [0.05, 0.1) is 23.6 Å². The third kappa shape index (κ3) is 6.01. The zero-order valence-electron chi connectivity index (χ0n) is 18.4. The summed E-state index contributed by atoms with van der Waals surface area (Å²) in [5.41, 5.74) is 3.29. The van der Waals surface area contributed by atoms with Crippen molar-refractivity contribution in [2.45, 2.75) is 58.0 Å². The van der Waals surface area contributed by atoms with Gasteiger partial charge in [-0.25, -0.2) is 0 Å². The first-order valence-corrected chi connectivity index (χ1v) is 11.0. The van der Waals surface area contributed by atoms with Gasteiger partial charge in [0.25, 0.3) is 5.91 Å². The molecule has 1 saturated carbocycles. The number of carboxylic acids is 1. The molecule has 0 aliphatic heterocycles.